The highest BCUT2D eigenvalue weighted by molar-refractivity contribution is 5.95. The fourth-order valence-corrected chi connectivity index (χ4v) is 3.38. The number of aromatic nitrogens is 1. The van der Waals surface area contributed by atoms with Crippen LogP contribution in [-0.2, 0) is 0 Å². The number of pyridine rings is 1. The van der Waals surface area contributed by atoms with Gasteiger partial charge < -0.3 is 20.8 Å². The molecule has 1 amide bonds. The Morgan fingerprint density at radius 3 is 2.24 bits per heavy atom. The van der Waals surface area contributed by atoms with Gasteiger partial charge in [-0.15, -0.1) is 0 Å². The number of carbonyl (C=O) groups is 1. The van der Waals surface area contributed by atoms with Crippen molar-refractivity contribution in [3.05, 3.63) is 47.7 Å². The molecule has 2 atom stereocenters. The van der Waals surface area contributed by atoms with Gasteiger partial charge in [0.05, 0.1) is 0 Å². The maximum atomic E-state index is 12.7. The first kappa shape index (κ1) is 17.4. The fourth-order valence-electron chi connectivity index (χ4n) is 3.38. The lowest BCUT2D eigenvalue weighted by molar-refractivity contribution is 0.0778. The number of aliphatic hydroxyl groups excluding tert-OH is 2. The number of nitrogens with zero attached hydrogens (tertiary/aromatic N) is 2. The highest BCUT2D eigenvalue weighted by atomic mass is 16.3. The molecule has 2 heterocycles. The van der Waals surface area contributed by atoms with E-state index in [-0.39, 0.29) is 31.0 Å². The summed E-state index contributed by atoms with van der Waals surface area (Å²) in [6.45, 7) is 2.82. The molecular formula is C19H23N3O3. The van der Waals surface area contributed by atoms with E-state index >= 15 is 0 Å². The number of benzene rings is 1. The molecule has 1 aromatic heterocycles. The number of hydrogen-bond acceptors (Lipinski definition) is 5. The molecule has 4 N–H and O–H groups in total. The highest BCUT2D eigenvalue weighted by Gasteiger charge is 2.34. The summed E-state index contributed by atoms with van der Waals surface area (Å²) in [4.78, 5) is 18.6. The summed E-state index contributed by atoms with van der Waals surface area (Å²) in [5.41, 5.74) is 9.09. The van der Waals surface area contributed by atoms with Crippen molar-refractivity contribution in [3.63, 3.8) is 0 Å². The maximum absolute atomic E-state index is 12.7. The predicted molar refractivity (Wildman–Crippen MR) is 95.9 cm³/mol. The van der Waals surface area contributed by atoms with Gasteiger partial charge in [-0.25, -0.2) is 4.98 Å². The first-order valence-electron chi connectivity index (χ1n) is 8.38. The van der Waals surface area contributed by atoms with Crippen molar-refractivity contribution in [2.45, 2.75) is 6.92 Å². The lowest BCUT2D eigenvalue weighted by Gasteiger charge is -2.16. The zero-order valence-electron chi connectivity index (χ0n) is 14.2. The molecule has 6 nitrogen and oxygen atoms in total. The van der Waals surface area contributed by atoms with Crippen LogP contribution in [0.2, 0.25) is 0 Å². The smallest absolute Gasteiger partial charge is 0.253 e. The Morgan fingerprint density at radius 2 is 1.72 bits per heavy atom. The molecule has 0 spiro atoms. The van der Waals surface area contributed by atoms with Gasteiger partial charge in [0.15, 0.2) is 0 Å². The SMILES string of the molecule is Cc1nc(N)ccc1-c1ccc(C(=O)N2C[C@H](CO)[C@@H](CO)C2)cc1. The lowest BCUT2D eigenvalue weighted by atomic mass is 9.98. The summed E-state index contributed by atoms with van der Waals surface area (Å²) in [6, 6.07) is 11.1. The number of aliphatic hydroxyl groups is 2. The summed E-state index contributed by atoms with van der Waals surface area (Å²) in [5.74, 6) is 0.292. The summed E-state index contributed by atoms with van der Waals surface area (Å²) in [7, 11) is 0. The quantitative estimate of drug-likeness (QED) is 0.779. The van der Waals surface area contributed by atoms with Crippen LogP contribution in [0.4, 0.5) is 5.82 Å². The number of nitrogens with two attached hydrogens (primary N) is 1. The summed E-state index contributed by atoms with van der Waals surface area (Å²) >= 11 is 0. The maximum Gasteiger partial charge on any atom is 0.253 e. The van der Waals surface area contributed by atoms with Gasteiger partial charge >= 0.3 is 0 Å². The van der Waals surface area contributed by atoms with E-state index in [4.69, 9.17) is 5.73 Å². The minimum atomic E-state index is -0.0758. The van der Waals surface area contributed by atoms with Crippen molar-refractivity contribution in [2.75, 3.05) is 32.0 Å². The van der Waals surface area contributed by atoms with Crippen LogP contribution < -0.4 is 5.73 Å². The van der Waals surface area contributed by atoms with Gasteiger partial charge in [-0.05, 0) is 36.8 Å². The van der Waals surface area contributed by atoms with E-state index in [9.17, 15) is 15.0 Å². The third-order valence-corrected chi connectivity index (χ3v) is 4.88. The molecule has 1 saturated heterocycles. The number of likely N-dealkylation sites (tertiary alicyclic amines) is 1. The Morgan fingerprint density at radius 1 is 1.12 bits per heavy atom. The van der Waals surface area contributed by atoms with Gasteiger partial charge in [0.2, 0.25) is 0 Å². The number of rotatable bonds is 4. The molecule has 0 aliphatic carbocycles. The van der Waals surface area contributed by atoms with Gasteiger partial charge in [-0.1, -0.05) is 12.1 Å². The molecule has 1 aliphatic rings. The average molecular weight is 341 g/mol. The molecule has 1 aliphatic heterocycles. The van der Waals surface area contributed by atoms with Crippen LogP contribution in [0.5, 0.6) is 0 Å². The van der Waals surface area contributed by atoms with E-state index in [1.165, 1.54) is 0 Å². The average Bonchev–Trinajstić information content (AvgIpc) is 3.05. The zero-order valence-corrected chi connectivity index (χ0v) is 14.2. The van der Waals surface area contributed by atoms with Gasteiger partial charge in [0.25, 0.3) is 5.91 Å². The minimum absolute atomic E-state index is 0.0165. The number of carbonyl (C=O) groups excluding carboxylic acids is 1. The molecule has 1 fully saturated rings. The molecule has 25 heavy (non-hydrogen) atoms. The summed E-state index contributed by atoms with van der Waals surface area (Å²) in [6.07, 6.45) is 0. The molecule has 1 aromatic carbocycles. The van der Waals surface area contributed by atoms with E-state index in [0.717, 1.165) is 16.8 Å². The summed E-state index contributed by atoms with van der Waals surface area (Å²) in [5, 5.41) is 18.8. The minimum Gasteiger partial charge on any atom is -0.396 e. The zero-order chi connectivity index (χ0) is 18.0. The molecule has 0 radical (unpaired) electrons. The molecule has 0 saturated carbocycles. The highest BCUT2D eigenvalue weighted by Crippen LogP contribution is 2.26. The lowest BCUT2D eigenvalue weighted by Crippen LogP contribution is -2.29. The third-order valence-electron chi connectivity index (χ3n) is 4.88. The first-order chi connectivity index (χ1) is 12.0. The van der Waals surface area contributed by atoms with E-state index in [1.54, 1.807) is 23.1 Å². The molecule has 0 unspecified atom stereocenters. The number of aryl methyl sites for hydroxylation is 1. The van der Waals surface area contributed by atoms with Gasteiger partial charge in [0, 0.05) is 55.0 Å². The van der Waals surface area contributed by atoms with Crippen LogP contribution in [0.25, 0.3) is 11.1 Å². The number of nitrogen functional groups attached to an aromatic ring is 1. The Hall–Kier alpha value is -2.44. The standard InChI is InChI=1S/C19H23N3O3/c1-12-17(6-7-18(20)21-12)13-2-4-14(5-3-13)19(25)22-8-15(10-23)16(9-22)11-24/h2-7,15-16,23-24H,8-11H2,1H3,(H2,20,21)/t15-,16-/m1/s1. The molecule has 132 valence electrons. The van der Waals surface area contributed by atoms with Crippen LogP contribution >= 0.6 is 0 Å². The van der Waals surface area contributed by atoms with Gasteiger partial charge in [-0.2, -0.15) is 0 Å². The molecule has 2 aromatic rings. The summed E-state index contributed by atoms with van der Waals surface area (Å²) < 4.78 is 0. The molecule has 0 bridgehead atoms. The number of hydrogen-bond donors (Lipinski definition) is 3. The fraction of sp³-hybridized carbons (Fsp3) is 0.368. The second-order valence-electron chi connectivity index (χ2n) is 6.54. The topological polar surface area (TPSA) is 99.7 Å². The molecule has 3 rings (SSSR count). The Bertz CT molecular complexity index is 749. The predicted octanol–water partition coefficient (Wildman–Crippen LogP) is 1.31. The van der Waals surface area contributed by atoms with Crippen molar-refractivity contribution >= 4 is 11.7 Å². The molecular weight excluding hydrogens is 318 g/mol. The van der Waals surface area contributed by atoms with Crippen molar-refractivity contribution in [2.24, 2.45) is 11.8 Å². The van der Waals surface area contributed by atoms with Crippen LogP contribution in [-0.4, -0.2) is 52.3 Å². The third kappa shape index (κ3) is 3.50. The Labute approximate surface area is 146 Å². The van der Waals surface area contributed by atoms with E-state index in [0.29, 0.717) is 24.5 Å². The number of anilines is 1. The van der Waals surface area contributed by atoms with E-state index in [1.807, 2.05) is 25.1 Å². The van der Waals surface area contributed by atoms with E-state index in [2.05, 4.69) is 4.98 Å². The molecule has 6 heteroatoms. The van der Waals surface area contributed by atoms with Crippen LogP contribution in [0.3, 0.4) is 0 Å². The largest absolute Gasteiger partial charge is 0.396 e. The first-order valence-corrected chi connectivity index (χ1v) is 8.38. The second-order valence-corrected chi connectivity index (χ2v) is 6.54. The second kappa shape index (κ2) is 7.21. The van der Waals surface area contributed by atoms with Gasteiger partial charge in [-0.3, -0.25) is 4.79 Å². The monoisotopic (exact) mass is 341 g/mol. The Kier molecular flexibility index (Phi) is 5.01. The van der Waals surface area contributed by atoms with Crippen LogP contribution in [0, 0.1) is 18.8 Å². The Balaban J connectivity index is 1.77. The van der Waals surface area contributed by atoms with E-state index < -0.39 is 0 Å². The van der Waals surface area contributed by atoms with Crippen molar-refractivity contribution in [1.29, 1.82) is 0 Å². The van der Waals surface area contributed by atoms with Crippen molar-refractivity contribution < 1.29 is 15.0 Å². The van der Waals surface area contributed by atoms with Crippen molar-refractivity contribution in [3.8, 4) is 11.1 Å². The van der Waals surface area contributed by atoms with Crippen LogP contribution in [0.15, 0.2) is 36.4 Å². The number of amides is 1. The van der Waals surface area contributed by atoms with Crippen molar-refractivity contribution in [1.82, 2.24) is 9.88 Å². The van der Waals surface area contributed by atoms with Gasteiger partial charge in [0.1, 0.15) is 5.82 Å². The normalized spacial score (nSPS) is 20.0. The van der Waals surface area contributed by atoms with Crippen LogP contribution in [0.1, 0.15) is 16.1 Å².